The van der Waals surface area contributed by atoms with Gasteiger partial charge in [0.2, 0.25) is 5.91 Å². The van der Waals surface area contributed by atoms with Crippen LogP contribution in [0.2, 0.25) is 0 Å². The fourth-order valence-corrected chi connectivity index (χ4v) is 10.1. The number of carbonyl (C=O) groups excluding carboxylic acids is 1. The van der Waals surface area contributed by atoms with Gasteiger partial charge in [-0.1, -0.05) is 307 Å². The van der Waals surface area contributed by atoms with Crippen LogP contribution >= 0.6 is 7.82 Å². The van der Waals surface area contributed by atoms with Gasteiger partial charge in [0, 0.05) is 6.42 Å². The standard InChI is InChI=1S/C77H131N2O6P/c1-6-8-10-12-14-16-18-20-22-24-26-28-30-32-33-34-35-36-37-38-39-40-41-42-43-44-45-47-49-51-53-55-57-59-61-63-65-67-69-71-77(81)78-75(74-85-86(82,83)84-73-72-79(3,4)5)76(80)70-68-66-64-62-60-58-56-54-52-50-48-46-31-29-27-25-23-21-19-17-15-13-11-9-7-2/h8,10,14,16,20,22,26,28,32-33,35-36,38-39,41-42,44-45,49,51,55,57,60,62,68,70,75-76,80H,6-7,9,11-13,15,17-19,21,23-25,27,29-31,34,37,40,43,46-48,50,52-54,56,58-59,61,63-67,69,71-74H2,1-5H3,(H-,78,81,82,83)/p+1/b10-8-,16-14-,22-20-,28-26-,33-32-,36-35-,39-38-,42-41-,45-44-,51-49-,57-55-,62-60+,70-68+. The number of nitrogens with zero attached hydrogens (tertiary/aromatic N) is 1. The van der Waals surface area contributed by atoms with Crippen molar-refractivity contribution in [1.29, 1.82) is 0 Å². The first-order chi connectivity index (χ1) is 42.0. The molecule has 0 saturated heterocycles. The number of amides is 1. The van der Waals surface area contributed by atoms with Crippen molar-refractivity contribution in [1.82, 2.24) is 5.32 Å². The topological polar surface area (TPSA) is 105 Å². The highest BCUT2D eigenvalue weighted by Crippen LogP contribution is 2.43. The third-order valence-corrected chi connectivity index (χ3v) is 15.7. The summed E-state index contributed by atoms with van der Waals surface area (Å²) in [6.07, 6.45) is 102. The van der Waals surface area contributed by atoms with Crippen LogP contribution in [0.4, 0.5) is 0 Å². The highest BCUT2D eigenvalue weighted by Gasteiger charge is 2.28. The second kappa shape index (κ2) is 65.6. The number of rotatable bonds is 62. The van der Waals surface area contributed by atoms with Gasteiger partial charge in [-0.2, -0.15) is 0 Å². The molecule has 0 bridgehead atoms. The van der Waals surface area contributed by atoms with E-state index in [1.165, 1.54) is 122 Å². The number of hydrogen-bond acceptors (Lipinski definition) is 5. The van der Waals surface area contributed by atoms with Gasteiger partial charge in [0.25, 0.3) is 0 Å². The van der Waals surface area contributed by atoms with Crippen LogP contribution < -0.4 is 5.32 Å². The van der Waals surface area contributed by atoms with E-state index >= 15 is 0 Å². The minimum Gasteiger partial charge on any atom is -0.387 e. The number of nitrogens with one attached hydrogen (secondary N) is 1. The first-order valence-corrected chi connectivity index (χ1v) is 36.4. The van der Waals surface area contributed by atoms with E-state index in [2.05, 4.69) is 165 Å². The Morgan fingerprint density at radius 2 is 0.709 bits per heavy atom. The van der Waals surface area contributed by atoms with Crippen LogP contribution in [0.5, 0.6) is 0 Å². The molecule has 3 N–H and O–H groups in total. The van der Waals surface area contributed by atoms with E-state index in [0.29, 0.717) is 17.4 Å². The minimum absolute atomic E-state index is 0.0439. The maximum Gasteiger partial charge on any atom is 0.472 e. The first kappa shape index (κ1) is 82.1. The molecule has 1 amide bonds. The molecular weight excluding hydrogens is 1080 g/mol. The fraction of sp³-hybridized carbons (Fsp3) is 0.649. The molecule has 8 nitrogen and oxygen atoms in total. The van der Waals surface area contributed by atoms with Crippen molar-refractivity contribution < 1.29 is 32.9 Å². The molecule has 3 atom stereocenters. The van der Waals surface area contributed by atoms with Crippen molar-refractivity contribution in [3.63, 3.8) is 0 Å². The highest BCUT2D eigenvalue weighted by molar-refractivity contribution is 7.47. The van der Waals surface area contributed by atoms with E-state index in [4.69, 9.17) is 9.05 Å². The summed E-state index contributed by atoms with van der Waals surface area (Å²) in [6, 6.07) is -0.888. The highest BCUT2D eigenvalue weighted by atomic mass is 31.2. The van der Waals surface area contributed by atoms with Crippen molar-refractivity contribution in [2.75, 3.05) is 40.9 Å². The molecule has 0 fully saturated rings. The summed E-state index contributed by atoms with van der Waals surface area (Å²) in [5.41, 5.74) is 0. The molecule has 0 radical (unpaired) electrons. The Labute approximate surface area is 531 Å². The number of aliphatic hydroxyl groups excluding tert-OH is 1. The van der Waals surface area contributed by atoms with Crippen molar-refractivity contribution in [2.24, 2.45) is 0 Å². The molecule has 0 spiro atoms. The number of phosphoric ester groups is 1. The van der Waals surface area contributed by atoms with Gasteiger partial charge in [0.1, 0.15) is 13.2 Å². The van der Waals surface area contributed by atoms with E-state index < -0.39 is 20.0 Å². The third kappa shape index (κ3) is 67.6. The Hall–Kier alpha value is -3.88. The zero-order valence-electron chi connectivity index (χ0n) is 56.0. The molecule has 0 aromatic rings. The average Bonchev–Trinajstić information content (AvgIpc) is 3.70. The van der Waals surface area contributed by atoms with Gasteiger partial charge in [0.15, 0.2) is 0 Å². The smallest absolute Gasteiger partial charge is 0.387 e. The van der Waals surface area contributed by atoms with Gasteiger partial charge in [-0.05, 0) is 116 Å². The quantitative estimate of drug-likeness (QED) is 0.0243. The lowest BCUT2D eigenvalue weighted by molar-refractivity contribution is -0.870. The fourth-order valence-electron chi connectivity index (χ4n) is 9.36. The summed E-state index contributed by atoms with van der Waals surface area (Å²) in [5.74, 6) is -0.210. The molecular formula is C77H132N2O6P+. The summed E-state index contributed by atoms with van der Waals surface area (Å²) in [4.78, 5) is 23.4. The Bertz CT molecular complexity index is 1960. The summed E-state index contributed by atoms with van der Waals surface area (Å²) in [6.45, 7) is 4.67. The predicted octanol–water partition coefficient (Wildman–Crippen LogP) is 22.5. The van der Waals surface area contributed by atoms with Gasteiger partial charge in [-0.3, -0.25) is 13.8 Å². The Morgan fingerprint density at radius 3 is 1.07 bits per heavy atom. The molecule has 86 heavy (non-hydrogen) atoms. The number of phosphoric acid groups is 1. The second-order valence-electron chi connectivity index (χ2n) is 24.2. The summed E-state index contributed by atoms with van der Waals surface area (Å²) >= 11 is 0. The lowest BCUT2D eigenvalue weighted by Gasteiger charge is -2.25. The molecule has 0 heterocycles. The van der Waals surface area contributed by atoms with E-state index in [1.807, 2.05) is 27.2 Å². The molecule has 9 heteroatoms. The lowest BCUT2D eigenvalue weighted by atomic mass is 10.0. The average molecular weight is 1210 g/mol. The Kier molecular flexibility index (Phi) is 62.6. The number of likely N-dealkylation sites (N-methyl/N-ethyl adjacent to an activating group) is 1. The van der Waals surface area contributed by atoms with Gasteiger partial charge in [-0.25, -0.2) is 4.57 Å². The van der Waals surface area contributed by atoms with Crippen LogP contribution in [-0.4, -0.2) is 73.4 Å². The number of aliphatic hydroxyl groups is 1. The van der Waals surface area contributed by atoms with Crippen molar-refractivity contribution in [3.8, 4) is 0 Å². The minimum atomic E-state index is -4.38. The maximum atomic E-state index is 13.0. The number of hydrogen-bond donors (Lipinski definition) is 3. The zero-order valence-corrected chi connectivity index (χ0v) is 56.9. The van der Waals surface area contributed by atoms with Gasteiger partial charge < -0.3 is 19.8 Å². The molecule has 0 aromatic heterocycles. The Balaban J connectivity index is 4.23. The number of allylic oxidation sites excluding steroid dienone is 25. The van der Waals surface area contributed by atoms with Gasteiger partial charge >= 0.3 is 7.82 Å². The molecule has 0 aromatic carbocycles. The Morgan fingerprint density at radius 1 is 0.407 bits per heavy atom. The SMILES string of the molecule is CC/C=C\C/C=C\C/C=C\C/C=C\C/C=C\C/C=C\C/C=C\C/C=C\C/C=C\C/C=C\C/C=C\CCCCCCCC(=O)NC(COP(=O)(O)OCC[N+](C)(C)C)C(O)/C=C/CC/C=C/CCCCCCCCCCCCCCCCCCCCC. The molecule has 0 saturated carbocycles. The number of unbranched alkanes of at least 4 members (excludes halogenated alkanes) is 25. The van der Waals surface area contributed by atoms with Crippen LogP contribution in [0.1, 0.15) is 271 Å². The maximum absolute atomic E-state index is 13.0. The first-order valence-electron chi connectivity index (χ1n) is 34.9. The largest absolute Gasteiger partial charge is 0.472 e. The number of carbonyl (C=O) groups is 1. The van der Waals surface area contributed by atoms with Crippen LogP contribution in [-0.2, 0) is 18.4 Å². The summed E-state index contributed by atoms with van der Waals surface area (Å²) < 4.78 is 23.8. The monoisotopic (exact) mass is 1210 g/mol. The van der Waals surface area contributed by atoms with Crippen LogP contribution in [0.25, 0.3) is 0 Å². The van der Waals surface area contributed by atoms with Crippen molar-refractivity contribution in [2.45, 2.75) is 283 Å². The summed E-state index contributed by atoms with van der Waals surface area (Å²) in [7, 11) is 1.52. The summed E-state index contributed by atoms with van der Waals surface area (Å²) in [5, 5.41) is 14.0. The van der Waals surface area contributed by atoms with Crippen molar-refractivity contribution in [3.05, 3.63) is 158 Å². The predicted molar refractivity (Wildman–Crippen MR) is 377 cm³/mol. The molecule has 0 aliphatic carbocycles. The normalized spacial score (nSPS) is 14.6. The lowest BCUT2D eigenvalue weighted by Crippen LogP contribution is -2.45. The third-order valence-electron chi connectivity index (χ3n) is 14.7. The molecule has 0 rings (SSSR count). The van der Waals surface area contributed by atoms with E-state index in [-0.39, 0.29) is 19.1 Å². The van der Waals surface area contributed by atoms with Gasteiger partial charge in [-0.15, -0.1) is 0 Å². The molecule has 0 aliphatic heterocycles. The zero-order chi connectivity index (χ0) is 62.6. The van der Waals surface area contributed by atoms with Crippen LogP contribution in [0.3, 0.4) is 0 Å². The second-order valence-corrected chi connectivity index (χ2v) is 25.6. The van der Waals surface area contributed by atoms with Crippen LogP contribution in [0, 0.1) is 0 Å². The molecule has 0 aliphatic rings. The van der Waals surface area contributed by atoms with E-state index in [9.17, 15) is 19.4 Å². The van der Waals surface area contributed by atoms with Crippen molar-refractivity contribution >= 4 is 13.7 Å². The molecule has 490 valence electrons. The van der Waals surface area contributed by atoms with Gasteiger partial charge in [0.05, 0.1) is 39.9 Å². The number of quaternary nitrogens is 1. The molecule has 3 unspecified atom stereocenters. The van der Waals surface area contributed by atoms with Crippen LogP contribution in [0.15, 0.2) is 158 Å². The van der Waals surface area contributed by atoms with E-state index in [1.54, 1.807) is 6.08 Å². The van der Waals surface area contributed by atoms with E-state index in [0.717, 1.165) is 128 Å².